The van der Waals surface area contributed by atoms with Gasteiger partial charge in [0.25, 0.3) is 0 Å². The average molecular weight is 317 g/mol. The summed E-state index contributed by atoms with van der Waals surface area (Å²) < 4.78 is 63.8. The Labute approximate surface area is 123 Å². The van der Waals surface area contributed by atoms with Crippen LogP contribution in [0.3, 0.4) is 0 Å². The molecule has 1 N–H and O–H groups in total. The first-order valence-corrected chi connectivity index (χ1v) is 6.43. The minimum absolute atomic E-state index is 0.0728. The van der Waals surface area contributed by atoms with Gasteiger partial charge in [-0.3, -0.25) is 0 Å². The Bertz CT molecular complexity index is 640. The maximum atomic E-state index is 13.7. The van der Waals surface area contributed by atoms with Crippen LogP contribution in [0.4, 0.5) is 27.8 Å². The average Bonchev–Trinajstić information content (AvgIpc) is 2.45. The molecule has 0 aliphatic carbocycles. The summed E-state index contributed by atoms with van der Waals surface area (Å²) in [5.41, 5.74) is -0.912. The number of hydrogen-bond acceptors (Lipinski definition) is 3. The van der Waals surface area contributed by atoms with Gasteiger partial charge in [-0.05, 0) is 24.6 Å². The zero-order valence-corrected chi connectivity index (χ0v) is 11.5. The van der Waals surface area contributed by atoms with E-state index in [2.05, 4.69) is 15.5 Å². The Balaban J connectivity index is 2.20. The number of alkyl halides is 3. The van der Waals surface area contributed by atoms with Gasteiger partial charge in [0, 0.05) is 11.6 Å². The number of nitrogens with one attached hydrogen (secondary N) is 1. The minimum atomic E-state index is -4.57. The highest BCUT2D eigenvalue weighted by atomic mass is 19.4. The normalized spacial score (nSPS) is 13.0. The van der Waals surface area contributed by atoms with E-state index >= 15 is 0 Å². The van der Waals surface area contributed by atoms with Crippen molar-refractivity contribution >= 4 is 5.82 Å². The number of nitrogens with zero attached hydrogens (tertiary/aromatic N) is 2. The van der Waals surface area contributed by atoms with Crippen LogP contribution in [0.1, 0.15) is 30.6 Å². The van der Waals surface area contributed by atoms with Crippen molar-refractivity contribution in [2.75, 3.05) is 5.32 Å². The molecule has 1 unspecified atom stereocenters. The van der Waals surface area contributed by atoms with Gasteiger partial charge in [-0.15, -0.1) is 10.2 Å². The minimum Gasteiger partial charge on any atom is -0.362 e. The summed E-state index contributed by atoms with van der Waals surface area (Å²) in [6.45, 7) is 1.75. The second-order valence-corrected chi connectivity index (χ2v) is 4.57. The molecule has 1 aromatic heterocycles. The fraction of sp³-hybridized carbons (Fsp3) is 0.286. The van der Waals surface area contributed by atoms with Crippen LogP contribution >= 0.6 is 0 Å². The fourth-order valence-electron chi connectivity index (χ4n) is 1.92. The quantitative estimate of drug-likeness (QED) is 0.853. The zero-order chi connectivity index (χ0) is 16.3. The van der Waals surface area contributed by atoms with Crippen molar-refractivity contribution in [3.8, 4) is 0 Å². The monoisotopic (exact) mass is 317 g/mol. The van der Waals surface area contributed by atoms with Crippen LogP contribution < -0.4 is 5.32 Å². The van der Waals surface area contributed by atoms with Crippen molar-refractivity contribution in [2.24, 2.45) is 0 Å². The smallest absolute Gasteiger partial charge is 0.362 e. The van der Waals surface area contributed by atoms with Crippen LogP contribution in [-0.2, 0) is 6.18 Å². The summed E-state index contributed by atoms with van der Waals surface area (Å²) >= 11 is 0. The second-order valence-electron chi connectivity index (χ2n) is 4.57. The summed E-state index contributed by atoms with van der Waals surface area (Å²) in [6.07, 6.45) is -4.15. The second kappa shape index (κ2) is 6.25. The molecule has 2 rings (SSSR count). The first kappa shape index (κ1) is 16.1. The Kier molecular flexibility index (Phi) is 4.58. The molecular weight excluding hydrogens is 305 g/mol. The lowest BCUT2D eigenvalue weighted by Crippen LogP contribution is -2.15. The third-order valence-corrected chi connectivity index (χ3v) is 3.02. The first-order chi connectivity index (χ1) is 10.3. The number of anilines is 1. The lowest BCUT2D eigenvalue weighted by molar-refractivity contribution is -0.141. The molecule has 1 aromatic carbocycles. The van der Waals surface area contributed by atoms with Crippen LogP contribution in [0, 0.1) is 11.6 Å². The Morgan fingerprint density at radius 2 is 1.82 bits per heavy atom. The number of halogens is 5. The third-order valence-electron chi connectivity index (χ3n) is 3.02. The molecule has 8 heteroatoms. The first-order valence-electron chi connectivity index (χ1n) is 6.43. The molecule has 118 valence electrons. The van der Waals surface area contributed by atoms with Gasteiger partial charge in [0.15, 0.2) is 5.69 Å². The van der Waals surface area contributed by atoms with Crippen molar-refractivity contribution in [3.63, 3.8) is 0 Å². The fourth-order valence-corrected chi connectivity index (χ4v) is 1.92. The van der Waals surface area contributed by atoms with Crippen LogP contribution in [-0.4, -0.2) is 10.2 Å². The van der Waals surface area contributed by atoms with Gasteiger partial charge in [-0.1, -0.05) is 13.0 Å². The van der Waals surface area contributed by atoms with Gasteiger partial charge >= 0.3 is 6.18 Å². The van der Waals surface area contributed by atoms with Crippen molar-refractivity contribution < 1.29 is 22.0 Å². The molecule has 0 radical (unpaired) electrons. The molecule has 0 amide bonds. The molecule has 22 heavy (non-hydrogen) atoms. The summed E-state index contributed by atoms with van der Waals surface area (Å²) in [6, 6.07) is 4.47. The summed E-state index contributed by atoms with van der Waals surface area (Å²) in [7, 11) is 0. The zero-order valence-electron chi connectivity index (χ0n) is 11.5. The predicted molar refractivity (Wildman–Crippen MR) is 70.0 cm³/mol. The molecule has 0 aliphatic heterocycles. The molecule has 0 saturated heterocycles. The van der Waals surface area contributed by atoms with E-state index in [0.717, 1.165) is 24.3 Å². The van der Waals surface area contributed by atoms with E-state index in [1.807, 2.05) is 0 Å². The van der Waals surface area contributed by atoms with Gasteiger partial charge in [-0.25, -0.2) is 8.78 Å². The highest BCUT2D eigenvalue weighted by Gasteiger charge is 2.33. The molecule has 3 nitrogen and oxygen atoms in total. The van der Waals surface area contributed by atoms with E-state index in [9.17, 15) is 22.0 Å². The lowest BCUT2D eigenvalue weighted by Gasteiger charge is -2.18. The van der Waals surface area contributed by atoms with Gasteiger partial charge in [0.2, 0.25) is 0 Å². The number of hydrogen-bond donors (Lipinski definition) is 1. The lowest BCUT2D eigenvalue weighted by atomic mass is 10.0. The molecule has 0 spiro atoms. The van der Waals surface area contributed by atoms with Crippen molar-refractivity contribution in [1.82, 2.24) is 10.2 Å². The van der Waals surface area contributed by atoms with Crippen LogP contribution in [0.25, 0.3) is 0 Å². The Morgan fingerprint density at radius 3 is 2.32 bits per heavy atom. The van der Waals surface area contributed by atoms with E-state index < -0.39 is 29.5 Å². The molecule has 1 heterocycles. The number of aromatic nitrogens is 2. The van der Waals surface area contributed by atoms with Crippen LogP contribution in [0.5, 0.6) is 0 Å². The molecule has 0 saturated carbocycles. The van der Waals surface area contributed by atoms with E-state index in [0.29, 0.717) is 6.42 Å². The number of rotatable bonds is 4. The molecular formula is C14H12F5N3. The summed E-state index contributed by atoms with van der Waals surface area (Å²) in [5, 5.41) is 9.28. The maximum Gasteiger partial charge on any atom is 0.435 e. The summed E-state index contributed by atoms with van der Waals surface area (Å²) in [4.78, 5) is 0. The molecule has 0 bridgehead atoms. The maximum absolute atomic E-state index is 13.7. The van der Waals surface area contributed by atoms with E-state index in [1.54, 1.807) is 6.92 Å². The Hall–Kier alpha value is -2.25. The molecule has 0 fully saturated rings. The van der Waals surface area contributed by atoms with E-state index in [-0.39, 0.29) is 11.4 Å². The van der Waals surface area contributed by atoms with Gasteiger partial charge < -0.3 is 5.32 Å². The van der Waals surface area contributed by atoms with E-state index in [4.69, 9.17) is 0 Å². The van der Waals surface area contributed by atoms with Gasteiger partial charge in [0.05, 0.1) is 6.04 Å². The van der Waals surface area contributed by atoms with Gasteiger partial charge in [0.1, 0.15) is 17.5 Å². The van der Waals surface area contributed by atoms with Crippen molar-refractivity contribution in [1.29, 1.82) is 0 Å². The van der Waals surface area contributed by atoms with Crippen LogP contribution in [0.2, 0.25) is 0 Å². The molecule has 1 atom stereocenters. The van der Waals surface area contributed by atoms with Crippen molar-refractivity contribution in [3.05, 3.63) is 53.2 Å². The predicted octanol–water partition coefficient (Wildman–Crippen LogP) is 4.34. The molecule has 0 aliphatic rings. The largest absolute Gasteiger partial charge is 0.435 e. The standard InChI is InChI=1S/C14H12F5N3/c1-2-11(9-4-3-8(15)7-10(9)16)20-13-6-5-12(21-22-13)14(17,18)19/h3-7,11H,2H2,1H3,(H,20,22). The van der Waals surface area contributed by atoms with E-state index in [1.165, 1.54) is 6.07 Å². The molecule has 2 aromatic rings. The summed E-state index contributed by atoms with van der Waals surface area (Å²) in [5.74, 6) is -1.37. The third kappa shape index (κ3) is 3.69. The SMILES string of the molecule is CCC(Nc1ccc(C(F)(F)F)nn1)c1ccc(F)cc1F. The highest BCUT2D eigenvalue weighted by Crippen LogP contribution is 2.28. The Morgan fingerprint density at radius 1 is 1.09 bits per heavy atom. The van der Waals surface area contributed by atoms with Crippen molar-refractivity contribution in [2.45, 2.75) is 25.6 Å². The topological polar surface area (TPSA) is 37.8 Å². The van der Waals surface area contributed by atoms with Gasteiger partial charge in [-0.2, -0.15) is 13.2 Å². The number of benzene rings is 1. The highest BCUT2D eigenvalue weighted by molar-refractivity contribution is 5.38. The van der Waals surface area contributed by atoms with Crippen LogP contribution in [0.15, 0.2) is 30.3 Å².